The summed E-state index contributed by atoms with van der Waals surface area (Å²) in [5.41, 5.74) is 2.77. The van der Waals surface area contributed by atoms with E-state index in [0.717, 1.165) is 12.8 Å². The molecule has 2 rings (SSSR count). The molecule has 16 heavy (non-hydrogen) atoms. The van der Waals surface area contributed by atoms with Crippen molar-refractivity contribution in [2.24, 2.45) is 0 Å². The summed E-state index contributed by atoms with van der Waals surface area (Å²) in [6, 6.07) is 10.5. The van der Waals surface area contributed by atoms with Crippen LogP contribution in [0.2, 0.25) is 0 Å². The summed E-state index contributed by atoms with van der Waals surface area (Å²) in [7, 11) is 0. The fourth-order valence-electron chi connectivity index (χ4n) is 1.39. The first-order valence-electron chi connectivity index (χ1n) is 4.25. The molecule has 0 saturated carbocycles. The Hall–Kier alpha value is 0.284. The molecule has 0 saturated heterocycles. The molecule has 1 aromatic carbocycles. The van der Waals surface area contributed by atoms with Crippen LogP contribution in [0.4, 0.5) is 0 Å². The van der Waals surface area contributed by atoms with E-state index >= 15 is 0 Å². The van der Waals surface area contributed by atoms with Crippen LogP contribution >= 0.6 is 0 Å². The zero-order valence-electron chi connectivity index (χ0n) is 8.59. The van der Waals surface area contributed by atoms with Crippen molar-refractivity contribution in [3.63, 3.8) is 0 Å². The molecule has 0 unspecified atom stereocenters. The van der Waals surface area contributed by atoms with E-state index in [4.69, 9.17) is 0 Å². The first-order chi connectivity index (χ1) is 5.95. The van der Waals surface area contributed by atoms with Crippen molar-refractivity contribution in [3.05, 3.63) is 59.7 Å². The number of halogens is 3. The van der Waals surface area contributed by atoms with Gasteiger partial charge in [0.25, 0.3) is 0 Å². The van der Waals surface area contributed by atoms with Crippen LogP contribution in [-0.4, -0.2) is 0 Å². The molecule has 84 valence electrons. The van der Waals surface area contributed by atoms with Crippen LogP contribution in [0, 0.1) is 6.08 Å². The number of allylic oxidation sites excluding steroid dienone is 4. The van der Waals surface area contributed by atoms with Gasteiger partial charge in [0.1, 0.15) is 0 Å². The molecule has 0 nitrogen and oxygen atoms in total. The first-order valence-corrected chi connectivity index (χ1v) is 4.25. The van der Waals surface area contributed by atoms with Crippen molar-refractivity contribution in [2.45, 2.75) is 12.8 Å². The molecular weight excluding hydrogens is 298 g/mol. The average molecular weight is 309 g/mol. The van der Waals surface area contributed by atoms with Crippen LogP contribution in [0.25, 0.3) is 0 Å². The molecule has 0 aromatic heterocycles. The number of benzene rings is 1. The third kappa shape index (κ3) is 6.78. The Morgan fingerprint density at radius 2 is 1.62 bits per heavy atom. The number of rotatable bonds is 2. The zero-order valence-corrected chi connectivity index (χ0v) is 12.4. The van der Waals surface area contributed by atoms with Gasteiger partial charge >= 0.3 is 21.7 Å². The van der Waals surface area contributed by atoms with E-state index in [1.165, 1.54) is 11.1 Å². The van der Waals surface area contributed by atoms with Crippen LogP contribution in [0.5, 0.6) is 0 Å². The fourth-order valence-corrected chi connectivity index (χ4v) is 1.39. The largest absolute Gasteiger partial charge is 4.00 e. The van der Waals surface area contributed by atoms with E-state index in [9.17, 15) is 0 Å². The van der Waals surface area contributed by atoms with Gasteiger partial charge in [-0.25, -0.2) is 6.08 Å². The fraction of sp³-hybridized carbons (Fsp3) is 0.167. The third-order valence-corrected chi connectivity index (χ3v) is 2.02. The molecule has 1 aliphatic rings. The minimum atomic E-state index is 0. The molecule has 0 atom stereocenters. The maximum atomic E-state index is 3.17. The molecule has 0 radical (unpaired) electrons. The smallest absolute Gasteiger partial charge is 1.00 e. The second-order valence-electron chi connectivity index (χ2n) is 2.99. The Bertz CT molecular complexity index is 320. The molecule has 0 amide bonds. The number of hydrogen-bond donors (Lipinski definition) is 0. The monoisotopic (exact) mass is 308 g/mol. The Morgan fingerprint density at radius 3 is 2.12 bits per heavy atom. The van der Waals surface area contributed by atoms with Gasteiger partial charge in [-0.15, -0.1) is 6.42 Å². The maximum absolute atomic E-state index is 3.17. The topological polar surface area (TPSA) is 0 Å². The molecule has 0 heterocycles. The number of hydrogen-bond acceptors (Lipinski definition) is 0. The van der Waals surface area contributed by atoms with Crippen molar-refractivity contribution in [1.82, 2.24) is 0 Å². The quantitative estimate of drug-likeness (QED) is 0.377. The van der Waals surface area contributed by atoms with Gasteiger partial charge in [0.2, 0.25) is 0 Å². The summed E-state index contributed by atoms with van der Waals surface area (Å²) in [6.07, 6.45) is 9.53. The predicted molar refractivity (Wildman–Crippen MR) is 50.7 cm³/mol. The Morgan fingerprint density at radius 1 is 1.00 bits per heavy atom. The molecule has 0 spiro atoms. The van der Waals surface area contributed by atoms with Gasteiger partial charge in [0, 0.05) is 0 Å². The van der Waals surface area contributed by atoms with Crippen LogP contribution < -0.4 is 37.2 Å². The Balaban J connectivity index is -0.000000422. The van der Waals surface area contributed by atoms with E-state index in [2.05, 4.69) is 48.6 Å². The molecule has 0 N–H and O–H groups in total. The van der Waals surface area contributed by atoms with Gasteiger partial charge in [0.15, 0.2) is 0 Å². The van der Waals surface area contributed by atoms with Crippen LogP contribution in [0.3, 0.4) is 0 Å². The van der Waals surface area contributed by atoms with Crippen molar-refractivity contribution in [3.8, 4) is 0 Å². The summed E-state index contributed by atoms with van der Waals surface area (Å²) in [4.78, 5) is 0. The van der Waals surface area contributed by atoms with Crippen LogP contribution in [0.15, 0.2) is 48.1 Å². The summed E-state index contributed by atoms with van der Waals surface area (Å²) < 4.78 is 0. The zero-order chi connectivity index (χ0) is 8.23. The van der Waals surface area contributed by atoms with Crippen molar-refractivity contribution in [2.75, 3.05) is 0 Å². The normalized spacial score (nSPS) is 11.1. The second-order valence-corrected chi connectivity index (χ2v) is 2.99. The minimum absolute atomic E-state index is 0. The van der Waals surface area contributed by atoms with Gasteiger partial charge in [-0.05, 0) is 0 Å². The molecule has 4 heteroatoms. The van der Waals surface area contributed by atoms with E-state index in [1.54, 1.807) is 0 Å². The summed E-state index contributed by atoms with van der Waals surface area (Å²) >= 11 is 0. The van der Waals surface area contributed by atoms with Gasteiger partial charge < -0.3 is 37.2 Å². The molecule has 0 fully saturated rings. The standard InChI is InChI=1S/C12H11.3ClH.Ti/c1-2-6-11(7-3-1)10-12-8-4-5-9-12;;;;/h1-3,6-9H,4,10H2;3*1H;/q-1;;;;+4/p-3. The molecule has 1 aromatic rings. The average Bonchev–Trinajstić information content (AvgIpc) is 2.59. The minimum Gasteiger partial charge on any atom is -1.00 e. The second kappa shape index (κ2) is 11.8. The van der Waals surface area contributed by atoms with Gasteiger partial charge in [-0.1, -0.05) is 42.3 Å². The molecule has 0 bridgehead atoms. The first kappa shape index (κ1) is 21.6. The summed E-state index contributed by atoms with van der Waals surface area (Å²) in [5, 5.41) is 0. The van der Waals surface area contributed by atoms with Crippen molar-refractivity contribution >= 4 is 0 Å². The third-order valence-electron chi connectivity index (χ3n) is 2.02. The Kier molecular flexibility index (Phi) is 15.8. The van der Waals surface area contributed by atoms with E-state index in [1.807, 2.05) is 0 Å². The van der Waals surface area contributed by atoms with Crippen molar-refractivity contribution < 1.29 is 58.9 Å². The van der Waals surface area contributed by atoms with Crippen molar-refractivity contribution in [1.29, 1.82) is 0 Å². The van der Waals surface area contributed by atoms with Crippen LogP contribution in [-0.2, 0) is 28.1 Å². The maximum Gasteiger partial charge on any atom is 4.00 e. The van der Waals surface area contributed by atoms with Gasteiger partial charge in [0.05, 0.1) is 0 Å². The molecule has 1 aliphatic carbocycles. The van der Waals surface area contributed by atoms with E-state index in [0.29, 0.717) is 0 Å². The summed E-state index contributed by atoms with van der Waals surface area (Å²) in [6.45, 7) is 0. The predicted octanol–water partition coefficient (Wildman–Crippen LogP) is -6.07. The SMILES string of the molecule is [C-]1=CC(Cc2ccccc2)=CC1.[Cl-].[Cl-].[Cl-].[Ti+4]. The molecule has 0 aliphatic heterocycles. The molecular formula is C12H11Cl3Ti. The van der Waals surface area contributed by atoms with Crippen LogP contribution in [0.1, 0.15) is 12.0 Å². The summed E-state index contributed by atoms with van der Waals surface area (Å²) in [5.74, 6) is 0. The van der Waals surface area contributed by atoms with Gasteiger partial charge in [-0.3, -0.25) is 6.08 Å². The van der Waals surface area contributed by atoms with E-state index in [-0.39, 0.29) is 58.9 Å². The van der Waals surface area contributed by atoms with Gasteiger partial charge in [-0.2, -0.15) is 11.6 Å². The van der Waals surface area contributed by atoms with E-state index < -0.39 is 0 Å². The Labute approximate surface area is 131 Å².